The molecular weight excluding hydrogens is 200 g/mol. The summed E-state index contributed by atoms with van der Waals surface area (Å²) >= 11 is 4.21. The number of carbonyl (C=O) groups is 1. The highest BCUT2D eigenvalue weighted by Gasteiger charge is 2.19. The summed E-state index contributed by atoms with van der Waals surface area (Å²) in [5.74, 6) is -1.30. The summed E-state index contributed by atoms with van der Waals surface area (Å²) in [5.41, 5.74) is 1.83. The Balaban J connectivity index is 3.68. The van der Waals surface area contributed by atoms with Gasteiger partial charge in [-0.25, -0.2) is 4.79 Å². The van der Waals surface area contributed by atoms with E-state index in [1.54, 1.807) is 20.8 Å². The number of aromatic hydroxyl groups is 1. The summed E-state index contributed by atoms with van der Waals surface area (Å²) in [4.78, 5) is 11.5. The predicted octanol–water partition coefficient (Wildman–Crippen LogP) is 2.30. The molecule has 0 radical (unpaired) electrons. The van der Waals surface area contributed by atoms with Gasteiger partial charge in [0.2, 0.25) is 0 Å². The zero-order valence-electron chi connectivity index (χ0n) is 8.25. The second-order valence-electron chi connectivity index (χ2n) is 3.25. The molecule has 0 fully saturated rings. The molecule has 76 valence electrons. The predicted molar refractivity (Wildman–Crippen MR) is 56.5 cm³/mol. The second-order valence-corrected chi connectivity index (χ2v) is 3.70. The van der Waals surface area contributed by atoms with E-state index in [0.717, 1.165) is 5.56 Å². The van der Waals surface area contributed by atoms with Crippen LogP contribution in [0.1, 0.15) is 27.0 Å². The number of thiol groups is 1. The smallest absolute Gasteiger partial charge is 0.339 e. The third kappa shape index (κ3) is 1.46. The number of carboxylic acids is 1. The lowest BCUT2D eigenvalue weighted by molar-refractivity contribution is 0.0692. The highest BCUT2D eigenvalue weighted by Crippen LogP contribution is 2.33. The zero-order chi connectivity index (χ0) is 11.0. The van der Waals surface area contributed by atoms with Gasteiger partial charge in [-0.1, -0.05) is 0 Å². The molecule has 3 nitrogen and oxygen atoms in total. The van der Waals surface area contributed by atoms with E-state index in [-0.39, 0.29) is 11.3 Å². The molecule has 0 spiro atoms. The van der Waals surface area contributed by atoms with Crippen LogP contribution in [0.3, 0.4) is 0 Å². The summed E-state index contributed by atoms with van der Waals surface area (Å²) in [6.07, 6.45) is 0. The number of benzene rings is 1. The van der Waals surface area contributed by atoms with Crippen molar-refractivity contribution in [1.29, 1.82) is 0 Å². The molecule has 0 aliphatic rings. The summed E-state index contributed by atoms with van der Waals surface area (Å²) < 4.78 is 0. The molecule has 2 N–H and O–H groups in total. The van der Waals surface area contributed by atoms with Gasteiger partial charge >= 0.3 is 5.97 Å². The minimum Gasteiger partial charge on any atom is -0.507 e. The van der Waals surface area contributed by atoms with Crippen LogP contribution in [0, 0.1) is 20.8 Å². The molecule has 0 atom stereocenters. The lowest BCUT2D eigenvalue weighted by atomic mass is 9.98. The average Bonchev–Trinajstić information content (AvgIpc) is 2.11. The number of phenols is 1. The molecule has 1 aromatic carbocycles. The second kappa shape index (κ2) is 3.53. The van der Waals surface area contributed by atoms with Gasteiger partial charge in [0, 0.05) is 10.5 Å². The van der Waals surface area contributed by atoms with Gasteiger partial charge in [0.05, 0.1) is 0 Å². The van der Waals surface area contributed by atoms with Crippen molar-refractivity contribution in [3.63, 3.8) is 0 Å². The van der Waals surface area contributed by atoms with Crippen molar-refractivity contribution in [2.45, 2.75) is 25.7 Å². The average molecular weight is 212 g/mol. The van der Waals surface area contributed by atoms with Gasteiger partial charge in [-0.05, 0) is 31.9 Å². The third-order valence-corrected chi connectivity index (χ3v) is 3.12. The van der Waals surface area contributed by atoms with E-state index in [0.29, 0.717) is 16.0 Å². The minimum atomic E-state index is -1.11. The SMILES string of the molecule is Cc1c(C)c(C(=O)O)c(O)c(C)c1S. The Kier molecular flexibility index (Phi) is 2.76. The number of hydrogen-bond acceptors (Lipinski definition) is 3. The van der Waals surface area contributed by atoms with Gasteiger partial charge in [-0.3, -0.25) is 0 Å². The summed E-state index contributed by atoms with van der Waals surface area (Å²) in [5, 5.41) is 18.5. The lowest BCUT2D eigenvalue weighted by Crippen LogP contribution is -2.04. The van der Waals surface area contributed by atoms with Crippen molar-refractivity contribution >= 4 is 18.6 Å². The molecule has 4 heteroatoms. The van der Waals surface area contributed by atoms with Crippen molar-refractivity contribution in [2.24, 2.45) is 0 Å². The monoisotopic (exact) mass is 212 g/mol. The van der Waals surface area contributed by atoms with Crippen molar-refractivity contribution in [2.75, 3.05) is 0 Å². The molecule has 1 aromatic rings. The van der Waals surface area contributed by atoms with E-state index in [1.165, 1.54) is 0 Å². The number of carboxylic acid groups (broad SMARTS) is 1. The van der Waals surface area contributed by atoms with Gasteiger partial charge in [0.25, 0.3) is 0 Å². The molecule has 0 aliphatic carbocycles. The van der Waals surface area contributed by atoms with E-state index in [1.807, 2.05) is 0 Å². The minimum absolute atomic E-state index is 0.0298. The summed E-state index contributed by atoms with van der Waals surface area (Å²) in [7, 11) is 0. The molecule has 0 heterocycles. The van der Waals surface area contributed by atoms with Crippen LogP contribution >= 0.6 is 12.6 Å². The molecule has 0 aromatic heterocycles. The Morgan fingerprint density at radius 2 is 1.64 bits per heavy atom. The molecule has 0 bridgehead atoms. The van der Waals surface area contributed by atoms with E-state index in [2.05, 4.69) is 12.6 Å². The first kappa shape index (κ1) is 10.9. The Labute approximate surface area is 87.8 Å². The van der Waals surface area contributed by atoms with E-state index in [4.69, 9.17) is 5.11 Å². The third-order valence-electron chi connectivity index (χ3n) is 2.45. The first-order chi connectivity index (χ1) is 6.37. The van der Waals surface area contributed by atoms with Gasteiger partial charge in [-0.2, -0.15) is 0 Å². The lowest BCUT2D eigenvalue weighted by Gasteiger charge is -2.13. The van der Waals surface area contributed by atoms with E-state index in [9.17, 15) is 9.90 Å². The van der Waals surface area contributed by atoms with Crippen molar-refractivity contribution in [3.8, 4) is 5.75 Å². The normalized spacial score (nSPS) is 10.3. The number of hydrogen-bond donors (Lipinski definition) is 3. The molecule has 0 aliphatic heterocycles. The van der Waals surface area contributed by atoms with E-state index >= 15 is 0 Å². The maximum absolute atomic E-state index is 10.9. The van der Waals surface area contributed by atoms with E-state index < -0.39 is 5.97 Å². The number of aromatic carboxylic acids is 1. The molecule has 0 unspecified atom stereocenters. The summed E-state index contributed by atoms with van der Waals surface area (Å²) in [6, 6.07) is 0. The maximum atomic E-state index is 10.9. The highest BCUT2D eigenvalue weighted by molar-refractivity contribution is 7.80. The van der Waals surface area contributed by atoms with Crippen molar-refractivity contribution in [1.82, 2.24) is 0 Å². The van der Waals surface area contributed by atoms with Crippen molar-refractivity contribution < 1.29 is 15.0 Å². The van der Waals surface area contributed by atoms with Gasteiger partial charge < -0.3 is 10.2 Å². The van der Waals surface area contributed by atoms with Crippen LogP contribution in [0.2, 0.25) is 0 Å². The molecule has 0 saturated heterocycles. The Morgan fingerprint density at radius 1 is 1.14 bits per heavy atom. The number of rotatable bonds is 1. The summed E-state index contributed by atoms with van der Waals surface area (Å²) in [6.45, 7) is 5.10. The van der Waals surface area contributed by atoms with Crippen LogP contribution in [-0.4, -0.2) is 16.2 Å². The first-order valence-electron chi connectivity index (χ1n) is 4.12. The largest absolute Gasteiger partial charge is 0.507 e. The topological polar surface area (TPSA) is 57.5 Å². The van der Waals surface area contributed by atoms with Crippen LogP contribution in [0.25, 0.3) is 0 Å². The molecule has 0 amide bonds. The fourth-order valence-electron chi connectivity index (χ4n) is 1.39. The van der Waals surface area contributed by atoms with Crippen LogP contribution < -0.4 is 0 Å². The molecule has 0 saturated carbocycles. The Bertz CT molecular complexity index is 381. The van der Waals surface area contributed by atoms with Crippen LogP contribution in [0.15, 0.2) is 4.90 Å². The fourth-order valence-corrected chi connectivity index (χ4v) is 1.66. The van der Waals surface area contributed by atoms with Gasteiger partial charge in [0.1, 0.15) is 11.3 Å². The van der Waals surface area contributed by atoms with Crippen molar-refractivity contribution in [3.05, 3.63) is 22.3 Å². The molecular formula is C10H12O3S. The van der Waals surface area contributed by atoms with Gasteiger partial charge in [-0.15, -0.1) is 12.6 Å². The standard InChI is InChI=1S/C10H12O3S/c1-4-5(2)9(14)6(3)8(11)7(4)10(12)13/h11,14H,1-3H3,(H,12,13). The zero-order valence-corrected chi connectivity index (χ0v) is 9.14. The van der Waals surface area contributed by atoms with Gasteiger partial charge in [0.15, 0.2) is 0 Å². The first-order valence-corrected chi connectivity index (χ1v) is 4.57. The fraction of sp³-hybridized carbons (Fsp3) is 0.300. The van der Waals surface area contributed by atoms with Crippen LogP contribution in [-0.2, 0) is 0 Å². The maximum Gasteiger partial charge on any atom is 0.339 e. The quantitative estimate of drug-likeness (QED) is 0.626. The Hall–Kier alpha value is -1.16. The van der Waals surface area contributed by atoms with Crippen LogP contribution in [0.5, 0.6) is 5.75 Å². The van der Waals surface area contributed by atoms with Crippen LogP contribution in [0.4, 0.5) is 0 Å². The Morgan fingerprint density at radius 3 is 2.07 bits per heavy atom. The molecule has 1 rings (SSSR count). The highest BCUT2D eigenvalue weighted by atomic mass is 32.1. The molecule has 14 heavy (non-hydrogen) atoms.